The van der Waals surface area contributed by atoms with Gasteiger partial charge in [-0.05, 0) is 50.2 Å². The van der Waals surface area contributed by atoms with Gasteiger partial charge in [-0.15, -0.1) is 0 Å². The second-order valence-electron chi connectivity index (χ2n) is 8.91. The SMILES string of the molecule is Cc1ccc([C@H]2N=C(N3CCC(Cc4ccccc4)CC3)Nc3nc(C)cc(=O)n32)cc1. The molecule has 0 saturated carbocycles. The number of benzene rings is 2. The minimum absolute atomic E-state index is 0.0880. The fourth-order valence-corrected chi connectivity index (χ4v) is 4.66. The monoisotopic (exact) mass is 427 g/mol. The summed E-state index contributed by atoms with van der Waals surface area (Å²) in [4.78, 5) is 24.8. The van der Waals surface area contributed by atoms with Crippen LogP contribution in [0.5, 0.6) is 0 Å². The Morgan fingerprint density at radius 2 is 1.72 bits per heavy atom. The molecule has 6 nitrogen and oxygen atoms in total. The maximum atomic E-state index is 12.8. The zero-order chi connectivity index (χ0) is 22.1. The van der Waals surface area contributed by atoms with Crippen molar-refractivity contribution in [2.75, 3.05) is 18.4 Å². The van der Waals surface area contributed by atoms with Gasteiger partial charge < -0.3 is 4.90 Å². The van der Waals surface area contributed by atoms with Gasteiger partial charge in [0.1, 0.15) is 0 Å². The highest BCUT2D eigenvalue weighted by atomic mass is 16.1. The summed E-state index contributed by atoms with van der Waals surface area (Å²) in [6, 6.07) is 20.5. The fourth-order valence-electron chi connectivity index (χ4n) is 4.66. The number of aliphatic imine (C=N–C) groups is 1. The van der Waals surface area contributed by atoms with Crippen molar-refractivity contribution >= 4 is 11.9 Å². The van der Waals surface area contributed by atoms with E-state index in [0.29, 0.717) is 17.6 Å². The lowest BCUT2D eigenvalue weighted by Gasteiger charge is -2.37. The molecule has 5 rings (SSSR count). The topological polar surface area (TPSA) is 62.5 Å². The molecule has 1 saturated heterocycles. The molecule has 164 valence electrons. The minimum Gasteiger partial charge on any atom is -0.343 e. The van der Waals surface area contributed by atoms with E-state index in [2.05, 4.69) is 76.7 Å². The Morgan fingerprint density at radius 3 is 2.44 bits per heavy atom. The normalized spacial score (nSPS) is 18.6. The maximum Gasteiger partial charge on any atom is 0.257 e. The summed E-state index contributed by atoms with van der Waals surface area (Å²) >= 11 is 0. The fraction of sp³-hybridized carbons (Fsp3) is 0.346. The number of likely N-dealkylation sites (tertiary alicyclic amines) is 1. The van der Waals surface area contributed by atoms with E-state index >= 15 is 0 Å². The van der Waals surface area contributed by atoms with Crippen LogP contribution in [0.3, 0.4) is 0 Å². The second kappa shape index (κ2) is 8.61. The van der Waals surface area contributed by atoms with Crippen molar-refractivity contribution in [1.82, 2.24) is 14.5 Å². The third kappa shape index (κ3) is 4.17. The lowest BCUT2D eigenvalue weighted by atomic mass is 9.90. The average molecular weight is 428 g/mol. The first-order chi connectivity index (χ1) is 15.6. The van der Waals surface area contributed by atoms with Crippen molar-refractivity contribution in [2.45, 2.75) is 39.3 Å². The van der Waals surface area contributed by atoms with Gasteiger partial charge in [-0.3, -0.25) is 14.7 Å². The Bertz CT molecular complexity index is 1180. The number of nitrogens with zero attached hydrogens (tertiary/aromatic N) is 4. The highest BCUT2D eigenvalue weighted by Gasteiger charge is 2.29. The number of rotatable bonds is 3. The van der Waals surface area contributed by atoms with Gasteiger partial charge in [0, 0.05) is 24.8 Å². The smallest absolute Gasteiger partial charge is 0.257 e. The van der Waals surface area contributed by atoms with Crippen LogP contribution < -0.4 is 10.9 Å². The van der Waals surface area contributed by atoms with E-state index in [0.717, 1.165) is 43.9 Å². The molecule has 2 aromatic carbocycles. The van der Waals surface area contributed by atoms with Crippen molar-refractivity contribution in [3.63, 3.8) is 0 Å². The molecule has 0 amide bonds. The van der Waals surface area contributed by atoms with E-state index in [1.165, 1.54) is 11.1 Å². The first-order valence-corrected chi connectivity index (χ1v) is 11.4. The summed E-state index contributed by atoms with van der Waals surface area (Å²) in [6.07, 6.45) is 2.96. The van der Waals surface area contributed by atoms with E-state index in [-0.39, 0.29) is 5.56 Å². The first-order valence-electron chi connectivity index (χ1n) is 11.4. The number of anilines is 1. The molecule has 3 aromatic rings. The van der Waals surface area contributed by atoms with E-state index < -0.39 is 6.17 Å². The number of fused-ring (bicyclic) bond motifs is 1. The van der Waals surface area contributed by atoms with Crippen molar-refractivity contribution in [3.05, 3.63) is 93.4 Å². The van der Waals surface area contributed by atoms with Crippen molar-refractivity contribution in [1.29, 1.82) is 0 Å². The Morgan fingerprint density at radius 1 is 1.00 bits per heavy atom. The van der Waals surface area contributed by atoms with Crippen LogP contribution in [0.2, 0.25) is 0 Å². The van der Waals surface area contributed by atoms with Gasteiger partial charge in [-0.25, -0.2) is 9.98 Å². The number of hydrogen-bond acceptors (Lipinski definition) is 5. The van der Waals surface area contributed by atoms with Crippen molar-refractivity contribution in [3.8, 4) is 0 Å². The van der Waals surface area contributed by atoms with Gasteiger partial charge in [0.25, 0.3) is 5.56 Å². The second-order valence-corrected chi connectivity index (χ2v) is 8.91. The molecule has 0 spiro atoms. The molecular formula is C26H29N5O. The van der Waals surface area contributed by atoms with Gasteiger partial charge >= 0.3 is 0 Å². The van der Waals surface area contributed by atoms with Crippen LogP contribution in [0.25, 0.3) is 0 Å². The Kier molecular flexibility index (Phi) is 5.52. The largest absolute Gasteiger partial charge is 0.343 e. The molecule has 0 bridgehead atoms. The van der Waals surface area contributed by atoms with Gasteiger partial charge in [0.2, 0.25) is 11.9 Å². The molecule has 1 aromatic heterocycles. The van der Waals surface area contributed by atoms with Crippen molar-refractivity contribution in [2.24, 2.45) is 10.9 Å². The number of guanidine groups is 1. The zero-order valence-electron chi connectivity index (χ0n) is 18.7. The van der Waals surface area contributed by atoms with Crippen LogP contribution in [0.15, 0.2) is 70.5 Å². The predicted octanol–water partition coefficient (Wildman–Crippen LogP) is 4.14. The van der Waals surface area contributed by atoms with Gasteiger partial charge in [0.15, 0.2) is 6.17 Å². The molecule has 2 aliphatic rings. The Balaban J connectivity index is 1.39. The van der Waals surface area contributed by atoms with Crippen LogP contribution in [0, 0.1) is 19.8 Å². The summed E-state index contributed by atoms with van der Waals surface area (Å²) in [7, 11) is 0. The standard InChI is InChI=1S/C26H29N5O/c1-18-8-10-22(11-9-18)24-28-25(29-26-27-19(2)16-23(32)31(24)26)30-14-12-21(13-15-30)17-20-6-4-3-5-7-20/h3-11,16,21,24H,12-15,17H2,1-2H3,(H,27,28,29)/t24-/m0/s1. The third-order valence-corrected chi connectivity index (χ3v) is 6.45. The maximum absolute atomic E-state index is 12.8. The van der Waals surface area contributed by atoms with Gasteiger partial charge in [0.05, 0.1) is 0 Å². The number of nitrogens with one attached hydrogen (secondary N) is 1. The first kappa shape index (κ1) is 20.5. The molecule has 32 heavy (non-hydrogen) atoms. The average Bonchev–Trinajstić information content (AvgIpc) is 2.80. The molecule has 0 unspecified atom stereocenters. The number of aryl methyl sites for hydroxylation is 2. The summed E-state index contributed by atoms with van der Waals surface area (Å²) in [5, 5.41) is 3.35. The van der Waals surface area contributed by atoms with Gasteiger partial charge in [-0.1, -0.05) is 60.2 Å². The number of hydrogen-bond donors (Lipinski definition) is 1. The van der Waals surface area contributed by atoms with Crippen LogP contribution in [-0.4, -0.2) is 33.5 Å². The van der Waals surface area contributed by atoms with Gasteiger partial charge in [-0.2, -0.15) is 0 Å². The van der Waals surface area contributed by atoms with Crippen LogP contribution in [0.1, 0.15) is 41.4 Å². The molecular weight excluding hydrogens is 398 g/mol. The summed E-state index contributed by atoms with van der Waals surface area (Å²) < 4.78 is 1.66. The van der Waals surface area contributed by atoms with E-state index in [1.54, 1.807) is 10.6 Å². The lowest BCUT2D eigenvalue weighted by molar-refractivity contribution is 0.262. The molecule has 2 aliphatic heterocycles. The summed E-state index contributed by atoms with van der Waals surface area (Å²) in [5.74, 6) is 2.06. The third-order valence-electron chi connectivity index (χ3n) is 6.45. The van der Waals surface area contributed by atoms with Crippen molar-refractivity contribution < 1.29 is 0 Å². The number of piperidine rings is 1. The van der Waals surface area contributed by atoms with Crippen LogP contribution in [0.4, 0.5) is 5.95 Å². The Hall–Kier alpha value is -3.41. The predicted molar refractivity (Wildman–Crippen MR) is 128 cm³/mol. The summed E-state index contributed by atoms with van der Waals surface area (Å²) in [6.45, 7) is 5.80. The van der Waals surface area contributed by atoms with Crippen LogP contribution >= 0.6 is 0 Å². The molecule has 1 N–H and O–H groups in total. The van der Waals surface area contributed by atoms with E-state index in [4.69, 9.17) is 4.99 Å². The highest BCUT2D eigenvalue weighted by Crippen LogP contribution is 2.28. The Labute approximate surface area is 188 Å². The zero-order valence-corrected chi connectivity index (χ0v) is 18.7. The van der Waals surface area contributed by atoms with E-state index in [9.17, 15) is 4.79 Å². The quantitative estimate of drug-likeness (QED) is 0.682. The molecule has 0 radical (unpaired) electrons. The van der Waals surface area contributed by atoms with Crippen LogP contribution in [-0.2, 0) is 6.42 Å². The number of aromatic nitrogens is 2. The van der Waals surface area contributed by atoms with E-state index in [1.807, 2.05) is 6.92 Å². The molecule has 1 fully saturated rings. The molecule has 1 atom stereocenters. The lowest BCUT2D eigenvalue weighted by Crippen LogP contribution is -2.46. The summed E-state index contributed by atoms with van der Waals surface area (Å²) in [5.41, 5.74) is 4.20. The minimum atomic E-state index is -0.413. The molecule has 0 aliphatic carbocycles. The molecule has 6 heteroatoms. The molecule has 3 heterocycles. The highest BCUT2D eigenvalue weighted by molar-refractivity contribution is 5.93.